The van der Waals surface area contributed by atoms with Crippen LogP contribution in [0.4, 0.5) is 0 Å². The summed E-state index contributed by atoms with van der Waals surface area (Å²) in [4.78, 5) is 15.3. The molecule has 0 spiro atoms. The minimum atomic E-state index is -1.07. The highest BCUT2D eigenvalue weighted by molar-refractivity contribution is 6.33. The van der Waals surface area contributed by atoms with E-state index in [4.69, 9.17) is 26.2 Å². The molecule has 5 nitrogen and oxygen atoms in total. The Morgan fingerprint density at radius 2 is 2.17 bits per heavy atom. The van der Waals surface area contributed by atoms with Crippen molar-refractivity contribution >= 4 is 17.6 Å². The van der Waals surface area contributed by atoms with Crippen molar-refractivity contribution in [3.05, 3.63) is 47.1 Å². The molecule has 1 unspecified atom stereocenters. The SMILES string of the molecule is O=C(O)c1cc(-c2ccc(OCC3CCOC3)cc2)ncc1Cl. The molecular weight excluding hydrogens is 318 g/mol. The smallest absolute Gasteiger partial charge is 0.337 e. The van der Waals surface area contributed by atoms with Gasteiger partial charge in [0.2, 0.25) is 0 Å². The average Bonchev–Trinajstić information content (AvgIpc) is 3.07. The maximum absolute atomic E-state index is 11.1. The molecule has 0 aliphatic carbocycles. The van der Waals surface area contributed by atoms with E-state index >= 15 is 0 Å². The van der Waals surface area contributed by atoms with Gasteiger partial charge in [0.05, 0.1) is 29.5 Å². The second-order valence-corrected chi connectivity index (χ2v) is 5.83. The first-order valence-corrected chi connectivity index (χ1v) is 7.71. The van der Waals surface area contributed by atoms with E-state index in [0.29, 0.717) is 18.2 Å². The van der Waals surface area contributed by atoms with Crippen LogP contribution in [0.3, 0.4) is 0 Å². The van der Waals surface area contributed by atoms with E-state index in [0.717, 1.165) is 30.9 Å². The zero-order chi connectivity index (χ0) is 16.2. The van der Waals surface area contributed by atoms with Gasteiger partial charge in [0.1, 0.15) is 5.75 Å². The second kappa shape index (κ2) is 6.98. The summed E-state index contributed by atoms with van der Waals surface area (Å²) in [7, 11) is 0. The first-order chi connectivity index (χ1) is 11.1. The minimum absolute atomic E-state index is 0.0400. The lowest BCUT2D eigenvalue weighted by molar-refractivity contribution is 0.0697. The largest absolute Gasteiger partial charge is 0.493 e. The summed E-state index contributed by atoms with van der Waals surface area (Å²) >= 11 is 5.83. The Hall–Kier alpha value is -2.11. The molecule has 1 aromatic carbocycles. The number of hydrogen-bond acceptors (Lipinski definition) is 4. The van der Waals surface area contributed by atoms with Crippen LogP contribution >= 0.6 is 11.6 Å². The molecule has 1 aromatic heterocycles. The van der Waals surface area contributed by atoms with E-state index in [1.807, 2.05) is 24.3 Å². The predicted octanol–water partition coefficient (Wildman–Crippen LogP) is 3.52. The lowest BCUT2D eigenvalue weighted by atomic mass is 10.1. The number of aromatic nitrogens is 1. The highest BCUT2D eigenvalue weighted by Gasteiger charge is 2.16. The number of benzene rings is 1. The maximum atomic E-state index is 11.1. The van der Waals surface area contributed by atoms with Crippen LogP contribution in [-0.4, -0.2) is 35.9 Å². The van der Waals surface area contributed by atoms with Gasteiger partial charge in [-0.2, -0.15) is 0 Å². The maximum Gasteiger partial charge on any atom is 0.337 e. The second-order valence-electron chi connectivity index (χ2n) is 5.42. The third-order valence-corrected chi connectivity index (χ3v) is 4.05. The molecule has 1 saturated heterocycles. The lowest BCUT2D eigenvalue weighted by Crippen LogP contribution is -2.11. The Morgan fingerprint density at radius 1 is 1.39 bits per heavy atom. The summed E-state index contributed by atoms with van der Waals surface area (Å²) in [6.07, 6.45) is 2.38. The van der Waals surface area contributed by atoms with E-state index in [-0.39, 0.29) is 10.6 Å². The summed E-state index contributed by atoms with van der Waals surface area (Å²) in [6, 6.07) is 8.87. The number of halogens is 1. The molecule has 2 aromatic rings. The van der Waals surface area contributed by atoms with Crippen LogP contribution in [-0.2, 0) is 4.74 Å². The van der Waals surface area contributed by atoms with E-state index in [9.17, 15) is 4.79 Å². The van der Waals surface area contributed by atoms with Gasteiger partial charge in [-0.05, 0) is 36.8 Å². The normalized spacial score (nSPS) is 17.2. The van der Waals surface area contributed by atoms with Crippen molar-refractivity contribution < 1.29 is 19.4 Å². The Kier molecular flexibility index (Phi) is 4.79. The summed E-state index contributed by atoms with van der Waals surface area (Å²) in [5.41, 5.74) is 1.40. The molecule has 1 aliphatic heterocycles. The molecule has 2 heterocycles. The Balaban J connectivity index is 1.71. The third-order valence-electron chi connectivity index (χ3n) is 3.75. The Labute approximate surface area is 138 Å². The number of aromatic carboxylic acids is 1. The van der Waals surface area contributed by atoms with Crippen LogP contribution in [0.5, 0.6) is 5.75 Å². The van der Waals surface area contributed by atoms with E-state index in [2.05, 4.69) is 4.98 Å². The lowest BCUT2D eigenvalue weighted by Gasteiger charge is -2.11. The number of carbonyl (C=O) groups is 1. The fraction of sp³-hybridized carbons (Fsp3) is 0.294. The number of rotatable bonds is 5. The number of pyridine rings is 1. The molecule has 0 bridgehead atoms. The predicted molar refractivity (Wildman–Crippen MR) is 86.1 cm³/mol. The quantitative estimate of drug-likeness (QED) is 0.906. The van der Waals surface area contributed by atoms with Crippen LogP contribution < -0.4 is 4.74 Å². The molecule has 23 heavy (non-hydrogen) atoms. The number of nitrogens with zero attached hydrogens (tertiary/aromatic N) is 1. The average molecular weight is 334 g/mol. The first-order valence-electron chi connectivity index (χ1n) is 7.33. The van der Waals surface area contributed by atoms with Gasteiger partial charge >= 0.3 is 5.97 Å². The molecule has 0 amide bonds. The van der Waals surface area contributed by atoms with E-state index < -0.39 is 5.97 Å². The molecular formula is C17H16ClNO4. The van der Waals surface area contributed by atoms with Gasteiger partial charge in [0.25, 0.3) is 0 Å². The summed E-state index contributed by atoms with van der Waals surface area (Å²) in [6.45, 7) is 2.20. The zero-order valence-corrected chi connectivity index (χ0v) is 13.1. The van der Waals surface area contributed by atoms with Crippen LogP contribution in [0.2, 0.25) is 5.02 Å². The Bertz CT molecular complexity index is 696. The summed E-state index contributed by atoms with van der Waals surface area (Å²) < 4.78 is 11.1. The van der Waals surface area contributed by atoms with Gasteiger partial charge in [0, 0.05) is 24.3 Å². The molecule has 1 atom stereocenters. The Morgan fingerprint density at radius 3 is 2.83 bits per heavy atom. The van der Waals surface area contributed by atoms with E-state index in [1.54, 1.807) is 0 Å². The van der Waals surface area contributed by atoms with Gasteiger partial charge in [-0.1, -0.05) is 11.6 Å². The van der Waals surface area contributed by atoms with Crippen molar-refractivity contribution in [2.75, 3.05) is 19.8 Å². The molecule has 6 heteroatoms. The first kappa shape index (κ1) is 15.8. The van der Waals surface area contributed by atoms with Crippen molar-refractivity contribution in [1.82, 2.24) is 4.98 Å². The molecule has 1 N–H and O–H groups in total. The highest BCUT2D eigenvalue weighted by atomic mass is 35.5. The molecule has 0 radical (unpaired) electrons. The fourth-order valence-corrected chi connectivity index (χ4v) is 2.60. The van der Waals surface area contributed by atoms with Crippen LogP contribution in [0.1, 0.15) is 16.8 Å². The molecule has 1 aliphatic rings. The fourth-order valence-electron chi connectivity index (χ4n) is 2.41. The number of carboxylic acids is 1. The van der Waals surface area contributed by atoms with Crippen molar-refractivity contribution in [2.24, 2.45) is 5.92 Å². The van der Waals surface area contributed by atoms with Crippen LogP contribution in [0, 0.1) is 5.92 Å². The molecule has 120 valence electrons. The van der Waals surface area contributed by atoms with Gasteiger partial charge in [0.15, 0.2) is 0 Å². The zero-order valence-electron chi connectivity index (χ0n) is 12.4. The minimum Gasteiger partial charge on any atom is -0.493 e. The monoisotopic (exact) mass is 333 g/mol. The molecule has 1 fully saturated rings. The molecule has 0 saturated carbocycles. The van der Waals surface area contributed by atoms with Crippen molar-refractivity contribution in [1.29, 1.82) is 0 Å². The van der Waals surface area contributed by atoms with Gasteiger partial charge in [-0.3, -0.25) is 4.98 Å². The third kappa shape index (κ3) is 3.81. The topological polar surface area (TPSA) is 68.7 Å². The van der Waals surface area contributed by atoms with Gasteiger partial charge in [-0.15, -0.1) is 0 Å². The van der Waals surface area contributed by atoms with Crippen molar-refractivity contribution in [3.63, 3.8) is 0 Å². The van der Waals surface area contributed by atoms with Crippen molar-refractivity contribution in [2.45, 2.75) is 6.42 Å². The summed E-state index contributed by atoms with van der Waals surface area (Å²) in [5.74, 6) is 0.149. The van der Waals surface area contributed by atoms with Gasteiger partial charge < -0.3 is 14.6 Å². The van der Waals surface area contributed by atoms with Crippen LogP contribution in [0.15, 0.2) is 36.5 Å². The standard InChI is InChI=1S/C17H16ClNO4/c18-15-8-19-16(7-14(15)17(20)21)12-1-3-13(4-2-12)23-10-11-5-6-22-9-11/h1-4,7-8,11H,5-6,9-10H2,(H,20,21). The number of ether oxygens (including phenoxy) is 2. The van der Waals surface area contributed by atoms with Gasteiger partial charge in [-0.25, -0.2) is 4.79 Å². The molecule has 3 rings (SSSR count). The van der Waals surface area contributed by atoms with E-state index in [1.165, 1.54) is 12.3 Å². The van der Waals surface area contributed by atoms with Crippen molar-refractivity contribution in [3.8, 4) is 17.0 Å². The highest BCUT2D eigenvalue weighted by Crippen LogP contribution is 2.25. The van der Waals surface area contributed by atoms with Crippen LogP contribution in [0.25, 0.3) is 11.3 Å². The summed E-state index contributed by atoms with van der Waals surface area (Å²) in [5, 5.41) is 9.24. The number of carboxylic acid groups (broad SMARTS) is 1. The number of hydrogen-bond donors (Lipinski definition) is 1.